The molecule has 0 aliphatic heterocycles. The van der Waals surface area contributed by atoms with Crippen molar-refractivity contribution in [1.29, 1.82) is 0 Å². The number of aryl methyl sites for hydroxylation is 2. The Morgan fingerprint density at radius 1 is 0.875 bits per heavy atom. The molecule has 1 N–H and O–H groups in total. The van der Waals surface area contributed by atoms with Gasteiger partial charge in [-0.3, -0.25) is 0 Å². The van der Waals surface area contributed by atoms with E-state index < -0.39 is 63.8 Å². The van der Waals surface area contributed by atoms with Crippen LogP contribution in [0.25, 0.3) is 0 Å². The van der Waals surface area contributed by atoms with E-state index in [4.69, 9.17) is 17.0 Å². The Balaban J connectivity index is 0.000000891. The standard InChI is InChI=1S/C14H10F5OP.2ClH.Zr/c1-5-3-6(2)13(20)7(4-5)21-14-11(18)9(16)8(15)10(17)12(14)19;;;/h3-4,20-21H,1-2H3;2*1H;/q;;;+2/p-2. The molecule has 0 aliphatic rings. The second-order valence-electron chi connectivity index (χ2n) is 4.62. The molecule has 0 bridgehead atoms. The van der Waals surface area contributed by atoms with Crippen molar-refractivity contribution in [2.75, 3.05) is 0 Å². The van der Waals surface area contributed by atoms with Crippen LogP contribution in [-0.2, 0) is 20.8 Å². The van der Waals surface area contributed by atoms with Gasteiger partial charge in [0.25, 0.3) is 0 Å². The van der Waals surface area contributed by atoms with Gasteiger partial charge in [0.2, 0.25) is 5.82 Å². The molecular formula is C14H10Cl2F5OPZr. The molecule has 0 heterocycles. The van der Waals surface area contributed by atoms with Crippen LogP contribution in [0.3, 0.4) is 0 Å². The van der Waals surface area contributed by atoms with Gasteiger partial charge in [0.05, 0.1) is 5.30 Å². The maximum atomic E-state index is 13.6. The molecule has 1 nitrogen and oxygen atoms in total. The molecular weight excluding hydrogens is 472 g/mol. The maximum absolute atomic E-state index is 13.6. The zero-order valence-electron chi connectivity index (χ0n) is 12.2. The van der Waals surface area contributed by atoms with Gasteiger partial charge in [-0.15, -0.1) is 0 Å². The summed E-state index contributed by atoms with van der Waals surface area (Å²) in [5, 5.41) is 9.04. The first-order valence-electron chi connectivity index (χ1n) is 6.20. The Labute approximate surface area is 155 Å². The van der Waals surface area contributed by atoms with Crippen LogP contribution < -0.4 is 10.6 Å². The summed E-state index contributed by atoms with van der Waals surface area (Å²) in [7, 11) is 8.98. The van der Waals surface area contributed by atoms with Crippen molar-refractivity contribution in [1.82, 2.24) is 0 Å². The van der Waals surface area contributed by atoms with E-state index in [1.165, 1.54) is 6.07 Å². The molecule has 2 aromatic carbocycles. The molecule has 0 aromatic heterocycles. The third kappa shape index (κ3) is 4.91. The van der Waals surface area contributed by atoms with Crippen LogP contribution in [0.2, 0.25) is 0 Å². The minimum atomic E-state index is -2.19. The average molecular weight is 482 g/mol. The van der Waals surface area contributed by atoms with Gasteiger partial charge < -0.3 is 5.11 Å². The fraction of sp³-hybridized carbons (Fsp3) is 0.143. The first kappa shape index (κ1) is 21.8. The first-order valence-corrected chi connectivity index (χ1v) is 13.5. The van der Waals surface area contributed by atoms with Crippen LogP contribution in [0, 0.1) is 42.9 Å². The van der Waals surface area contributed by atoms with Crippen LogP contribution in [-0.4, -0.2) is 5.11 Å². The number of phenolic OH excluding ortho intramolecular Hbond substituents is 1. The van der Waals surface area contributed by atoms with Crippen molar-refractivity contribution in [3.05, 3.63) is 52.3 Å². The van der Waals surface area contributed by atoms with Crippen LogP contribution in [0.15, 0.2) is 12.1 Å². The van der Waals surface area contributed by atoms with Crippen molar-refractivity contribution in [3.63, 3.8) is 0 Å². The second kappa shape index (κ2) is 9.47. The fourth-order valence-corrected chi connectivity index (χ4v) is 3.23. The van der Waals surface area contributed by atoms with Gasteiger partial charge in [0.15, 0.2) is 23.3 Å². The van der Waals surface area contributed by atoms with Gasteiger partial charge in [-0.25, -0.2) is 22.0 Å². The van der Waals surface area contributed by atoms with Crippen LogP contribution in [0.5, 0.6) is 5.75 Å². The Morgan fingerprint density at radius 3 is 1.75 bits per heavy atom. The van der Waals surface area contributed by atoms with Gasteiger partial charge in [-0.1, -0.05) is 6.07 Å². The summed E-state index contributed by atoms with van der Waals surface area (Å²) in [5.41, 5.74) is 1.16. The van der Waals surface area contributed by atoms with Crippen molar-refractivity contribution in [3.8, 4) is 5.75 Å². The number of hydrogen-bond acceptors (Lipinski definition) is 1. The first-order chi connectivity index (χ1) is 11.1. The minimum absolute atomic E-state index is 0.121. The third-order valence-corrected chi connectivity index (χ3v) is 4.25. The fourth-order valence-electron chi connectivity index (χ4n) is 1.90. The molecule has 2 aromatic rings. The van der Waals surface area contributed by atoms with Gasteiger partial charge >= 0.3 is 37.9 Å². The number of benzene rings is 2. The van der Waals surface area contributed by atoms with Crippen LogP contribution in [0.1, 0.15) is 11.1 Å². The summed E-state index contributed by atoms with van der Waals surface area (Å²) in [6.45, 7) is 3.27. The predicted molar refractivity (Wildman–Crippen MR) is 83.1 cm³/mol. The van der Waals surface area contributed by atoms with E-state index in [1.54, 1.807) is 19.9 Å². The van der Waals surface area contributed by atoms with Gasteiger partial charge in [0.1, 0.15) is 5.75 Å². The zero-order chi connectivity index (χ0) is 18.6. The third-order valence-electron chi connectivity index (χ3n) is 2.91. The number of aromatic hydroxyl groups is 1. The number of halogens is 7. The Kier molecular flexibility index (Phi) is 8.61. The molecule has 10 heteroatoms. The SMILES string of the molecule is Cc1cc(C)c(O)c(Pc2c(F)c(F)c(F)c(F)c2F)c1.[Cl][Zr][Cl]. The van der Waals surface area contributed by atoms with E-state index in [0.29, 0.717) is 11.1 Å². The molecule has 0 aliphatic carbocycles. The van der Waals surface area contributed by atoms with E-state index in [-0.39, 0.29) is 11.1 Å². The van der Waals surface area contributed by atoms with Gasteiger partial charge in [-0.05, 0) is 39.6 Å². The van der Waals surface area contributed by atoms with E-state index in [9.17, 15) is 27.1 Å². The molecule has 0 spiro atoms. The molecule has 0 radical (unpaired) electrons. The van der Waals surface area contributed by atoms with E-state index in [1.807, 2.05) is 0 Å². The molecule has 24 heavy (non-hydrogen) atoms. The van der Waals surface area contributed by atoms with Crippen LogP contribution >= 0.6 is 25.6 Å². The predicted octanol–water partition coefficient (Wildman–Crippen LogP) is 4.71. The Morgan fingerprint density at radius 2 is 1.29 bits per heavy atom. The average Bonchev–Trinajstić information content (AvgIpc) is 2.53. The monoisotopic (exact) mass is 480 g/mol. The Hall–Kier alpha value is -0.217. The number of hydrogen-bond donors (Lipinski definition) is 1. The van der Waals surface area contributed by atoms with Gasteiger partial charge in [0, 0.05) is 5.30 Å². The van der Waals surface area contributed by atoms with E-state index >= 15 is 0 Å². The van der Waals surface area contributed by atoms with Crippen LogP contribution in [0.4, 0.5) is 22.0 Å². The summed E-state index contributed by atoms with van der Waals surface area (Å²) in [5.74, 6) is -10.1. The molecule has 1 unspecified atom stereocenters. The molecule has 2 rings (SSSR count). The summed E-state index contributed by atoms with van der Waals surface area (Å²) in [4.78, 5) is 0. The molecule has 0 saturated heterocycles. The molecule has 0 fully saturated rings. The molecule has 1 atom stereocenters. The summed E-state index contributed by atoms with van der Waals surface area (Å²) in [6.07, 6.45) is 0. The van der Waals surface area contributed by atoms with Gasteiger partial charge in [-0.2, -0.15) is 0 Å². The topological polar surface area (TPSA) is 20.2 Å². The second-order valence-corrected chi connectivity index (χ2v) is 9.64. The van der Waals surface area contributed by atoms with E-state index in [0.717, 1.165) is 0 Å². The zero-order valence-corrected chi connectivity index (χ0v) is 17.2. The summed E-state index contributed by atoms with van der Waals surface area (Å²) in [6, 6.07) is 3.08. The quantitative estimate of drug-likeness (QED) is 0.285. The van der Waals surface area contributed by atoms with Crippen molar-refractivity contribution < 1.29 is 47.9 Å². The van der Waals surface area contributed by atoms with E-state index in [2.05, 4.69) is 0 Å². The normalized spacial score (nSPS) is 10.7. The molecule has 0 saturated carbocycles. The number of phenols is 1. The van der Waals surface area contributed by atoms with Crippen molar-refractivity contribution in [2.24, 2.45) is 0 Å². The summed E-state index contributed by atoms with van der Waals surface area (Å²) >= 11 is -0.826. The van der Waals surface area contributed by atoms with Crippen molar-refractivity contribution in [2.45, 2.75) is 13.8 Å². The molecule has 0 amide bonds. The Bertz CT molecular complexity index is 732. The summed E-state index contributed by atoms with van der Waals surface area (Å²) < 4.78 is 66.5. The molecule has 130 valence electrons. The van der Waals surface area contributed by atoms with Crippen molar-refractivity contribution >= 4 is 36.2 Å². The number of rotatable bonds is 2.